The Kier molecular flexibility index (Phi) is 2.84. The Morgan fingerprint density at radius 2 is 2.11 bits per heavy atom. The van der Waals surface area contributed by atoms with Crippen LogP contribution in [0, 0.1) is 0 Å². The number of carbonyl (C=O) groups is 1. The van der Waals surface area contributed by atoms with Crippen molar-refractivity contribution in [2.45, 2.75) is 37.6 Å². The van der Waals surface area contributed by atoms with E-state index in [-0.39, 0.29) is 0 Å². The highest BCUT2D eigenvalue weighted by molar-refractivity contribution is 7.17. The molecule has 1 aromatic rings. The topological polar surface area (TPSA) is 36.4 Å². The van der Waals surface area contributed by atoms with Gasteiger partial charge in [-0.05, 0) is 32.2 Å². The van der Waals surface area contributed by atoms with E-state index in [1.165, 1.54) is 32.2 Å². The highest BCUT2D eigenvalue weighted by atomic mass is 32.1. The van der Waals surface area contributed by atoms with E-state index in [0.717, 1.165) is 41.6 Å². The summed E-state index contributed by atoms with van der Waals surface area (Å²) in [6.45, 7) is 4.57. The van der Waals surface area contributed by atoms with Crippen molar-refractivity contribution in [3.63, 3.8) is 0 Å². The molecule has 0 spiro atoms. The van der Waals surface area contributed by atoms with Gasteiger partial charge in [0.05, 0.1) is 10.6 Å². The Morgan fingerprint density at radius 3 is 2.89 bits per heavy atom. The van der Waals surface area contributed by atoms with Gasteiger partial charge in [0, 0.05) is 31.6 Å². The van der Waals surface area contributed by atoms with E-state index >= 15 is 0 Å². The van der Waals surface area contributed by atoms with Crippen LogP contribution in [0.25, 0.3) is 0 Å². The average Bonchev–Trinajstić information content (AvgIpc) is 3.03. The molecule has 0 N–H and O–H groups in total. The minimum Gasteiger partial charge on any atom is -0.345 e. The molecule has 0 amide bonds. The lowest BCUT2D eigenvalue weighted by Gasteiger charge is -2.37. The predicted octanol–water partition coefficient (Wildman–Crippen LogP) is 2.12. The lowest BCUT2D eigenvalue weighted by Crippen LogP contribution is -2.50. The molecule has 4 rings (SSSR count). The first-order chi connectivity index (χ1) is 9.35. The second-order valence-corrected chi connectivity index (χ2v) is 6.93. The number of nitrogens with zero attached hydrogens (tertiary/aromatic N) is 3. The lowest BCUT2D eigenvalue weighted by atomic mass is 10.2. The fourth-order valence-corrected chi connectivity index (χ4v) is 4.37. The molecule has 1 aliphatic carbocycles. The Bertz CT molecular complexity index is 497. The van der Waals surface area contributed by atoms with Crippen LogP contribution >= 0.6 is 11.3 Å². The maximum absolute atomic E-state index is 11.2. The van der Waals surface area contributed by atoms with Crippen LogP contribution in [0.4, 0.5) is 5.13 Å². The number of hydrogen-bond acceptors (Lipinski definition) is 5. The van der Waals surface area contributed by atoms with Crippen LogP contribution in [0.15, 0.2) is 0 Å². The minimum atomic E-state index is 0.568. The number of anilines is 1. The maximum atomic E-state index is 11.2. The van der Waals surface area contributed by atoms with Crippen LogP contribution in [-0.4, -0.2) is 48.4 Å². The van der Waals surface area contributed by atoms with Crippen molar-refractivity contribution in [1.29, 1.82) is 0 Å². The fraction of sp³-hybridized carbons (Fsp3) is 0.714. The maximum Gasteiger partial charge on any atom is 0.186 e. The normalized spacial score (nSPS) is 27.6. The van der Waals surface area contributed by atoms with Gasteiger partial charge < -0.3 is 4.90 Å². The van der Waals surface area contributed by atoms with Gasteiger partial charge in [0.15, 0.2) is 11.4 Å². The molecule has 3 aliphatic rings. The molecule has 3 fully saturated rings. The molecule has 2 saturated heterocycles. The SMILES string of the molecule is O=Cc1sc(N2CCN3CCCC3C2)nc1C1CC1. The lowest BCUT2D eigenvalue weighted by molar-refractivity contribution is 0.112. The van der Waals surface area contributed by atoms with Gasteiger partial charge in [-0.1, -0.05) is 11.3 Å². The number of thiazole rings is 1. The molecular weight excluding hydrogens is 258 g/mol. The summed E-state index contributed by atoms with van der Waals surface area (Å²) < 4.78 is 0. The van der Waals surface area contributed by atoms with Crippen LogP contribution < -0.4 is 4.90 Å². The second-order valence-electron chi connectivity index (χ2n) is 5.92. The Labute approximate surface area is 117 Å². The zero-order valence-corrected chi connectivity index (χ0v) is 11.9. The van der Waals surface area contributed by atoms with Crippen LogP contribution in [0.5, 0.6) is 0 Å². The van der Waals surface area contributed by atoms with Gasteiger partial charge in [-0.2, -0.15) is 0 Å². The summed E-state index contributed by atoms with van der Waals surface area (Å²) in [6.07, 6.45) is 6.07. The fourth-order valence-electron chi connectivity index (χ4n) is 3.37. The van der Waals surface area contributed by atoms with Crippen molar-refractivity contribution < 1.29 is 4.79 Å². The highest BCUT2D eigenvalue weighted by Crippen LogP contribution is 2.43. The third-order valence-corrected chi connectivity index (χ3v) is 5.66. The number of carbonyl (C=O) groups excluding carboxylic acids is 1. The molecule has 4 nitrogen and oxygen atoms in total. The standard InChI is InChI=1S/C14H19N3OS/c18-9-12-13(10-3-4-10)15-14(19-12)17-7-6-16-5-1-2-11(16)8-17/h9-11H,1-8H2. The van der Waals surface area contributed by atoms with Crippen LogP contribution in [0.2, 0.25) is 0 Å². The molecule has 1 saturated carbocycles. The van der Waals surface area contributed by atoms with E-state index in [2.05, 4.69) is 9.80 Å². The first kappa shape index (κ1) is 11.9. The Morgan fingerprint density at radius 1 is 1.21 bits per heavy atom. The molecule has 102 valence electrons. The quantitative estimate of drug-likeness (QED) is 0.793. The van der Waals surface area contributed by atoms with Crippen LogP contribution in [0.1, 0.15) is 47.0 Å². The average molecular weight is 277 g/mol. The molecule has 5 heteroatoms. The Hall–Kier alpha value is -0.940. The summed E-state index contributed by atoms with van der Waals surface area (Å²) in [5.41, 5.74) is 1.07. The van der Waals surface area contributed by atoms with Gasteiger partial charge in [0.1, 0.15) is 0 Å². The number of rotatable bonds is 3. The molecule has 1 unspecified atom stereocenters. The molecule has 1 atom stereocenters. The molecular formula is C14H19N3OS. The van der Waals surface area contributed by atoms with Gasteiger partial charge in [0.2, 0.25) is 0 Å². The zero-order valence-electron chi connectivity index (χ0n) is 11.0. The van der Waals surface area contributed by atoms with Crippen molar-refractivity contribution in [1.82, 2.24) is 9.88 Å². The van der Waals surface area contributed by atoms with Crippen molar-refractivity contribution in [2.75, 3.05) is 31.1 Å². The highest BCUT2D eigenvalue weighted by Gasteiger charge is 2.34. The van der Waals surface area contributed by atoms with E-state index in [0.29, 0.717) is 12.0 Å². The van der Waals surface area contributed by atoms with Gasteiger partial charge in [-0.25, -0.2) is 4.98 Å². The van der Waals surface area contributed by atoms with Gasteiger partial charge in [-0.3, -0.25) is 9.69 Å². The van der Waals surface area contributed by atoms with Crippen molar-refractivity contribution in [3.05, 3.63) is 10.6 Å². The van der Waals surface area contributed by atoms with Gasteiger partial charge >= 0.3 is 0 Å². The molecule has 3 heterocycles. The summed E-state index contributed by atoms with van der Waals surface area (Å²) in [5, 5.41) is 1.08. The van der Waals surface area contributed by atoms with E-state index < -0.39 is 0 Å². The summed E-state index contributed by atoms with van der Waals surface area (Å²) in [5.74, 6) is 0.568. The van der Waals surface area contributed by atoms with Gasteiger partial charge in [-0.15, -0.1) is 0 Å². The van der Waals surface area contributed by atoms with Crippen LogP contribution in [0.3, 0.4) is 0 Å². The third-order valence-electron chi connectivity index (χ3n) is 4.60. The number of fused-ring (bicyclic) bond motifs is 1. The minimum absolute atomic E-state index is 0.568. The molecule has 2 aliphatic heterocycles. The third kappa shape index (κ3) is 2.09. The van der Waals surface area contributed by atoms with E-state index in [4.69, 9.17) is 4.98 Å². The van der Waals surface area contributed by atoms with Crippen molar-refractivity contribution in [3.8, 4) is 0 Å². The van der Waals surface area contributed by atoms with Gasteiger partial charge in [0.25, 0.3) is 0 Å². The number of piperazine rings is 1. The monoisotopic (exact) mass is 277 g/mol. The number of hydrogen-bond donors (Lipinski definition) is 0. The first-order valence-electron chi connectivity index (χ1n) is 7.30. The van der Waals surface area contributed by atoms with Crippen molar-refractivity contribution >= 4 is 22.8 Å². The molecule has 1 aromatic heterocycles. The van der Waals surface area contributed by atoms with Crippen LogP contribution in [-0.2, 0) is 0 Å². The summed E-state index contributed by atoms with van der Waals surface area (Å²) in [4.78, 5) is 21.8. The van der Waals surface area contributed by atoms with E-state index in [9.17, 15) is 4.79 Å². The smallest absolute Gasteiger partial charge is 0.186 e. The van der Waals surface area contributed by atoms with Crippen molar-refractivity contribution in [2.24, 2.45) is 0 Å². The Balaban J connectivity index is 1.56. The number of aldehydes is 1. The van der Waals surface area contributed by atoms with E-state index in [1.807, 2.05) is 0 Å². The molecule has 19 heavy (non-hydrogen) atoms. The first-order valence-corrected chi connectivity index (χ1v) is 8.11. The molecule has 0 radical (unpaired) electrons. The number of aromatic nitrogens is 1. The summed E-state index contributed by atoms with van der Waals surface area (Å²) >= 11 is 1.60. The summed E-state index contributed by atoms with van der Waals surface area (Å²) in [6, 6.07) is 0.710. The summed E-state index contributed by atoms with van der Waals surface area (Å²) in [7, 11) is 0. The largest absolute Gasteiger partial charge is 0.345 e. The van der Waals surface area contributed by atoms with E-state index in [1.54, 1.807) is 11.3 Å². The molecule has 0 bridgehead atoms. The second kappa shape index (κ2) is 4.56. The molecule has 0 aromatic carbocycles. The zero-order chi connectivity index (χ0) is 12.8. The predicted molar refractivity (Wildman–Crippen MR) is 76.3 cm³/mol.